The van der Waals surface area contributed by atoms with E-state index in [1.165, 1.54) is 23.2 Å². The van der Waals surface area contributed by atoms with E-state index in [-0.39, 0.29) is 24.9 Å². The lowest BCUT2D eigenvalue weighted by molar-refractivity contribution is -0.115. The van der Waals surface area contributed by atoms with Crippen LogP contribution in [0.2, 0.25) is 0 Å². The number of esters is 1. The molecule has 0 spiro atoms. The number of para-hydroxylation sites is 2. The maximum atomic E-state index is 12.7. The quantitative estimate of drug-likeness (QED) is 0.376. The number of hydrogen-bond donors (Lipinski definition) is 0. The van der Waals surface area contributed by atoms with Gasteiger partial charge < -0.3 is 13.9 Å². The Morgan fingerprint density at radius 3 is 2.55 bits per heavy atom. The van der Waals surface area contributed by atoms with Crippen LogP contribution < -0.4 is 4.90 Å². The Bertz CT molecular complexity index is 1220. The van der Waals surface area contributed by atoms with Gasteiger partial charge in [-0.05, 0) is 18.2 Å². The summed E-state index contributed by atoms with van der Waals surface area (Å²) in [6, 6.07) is 16.6. The molecule has 158 valence electrons. The largest absolute Gasteiger partial charge is 0.453 e. The number of ether oxygens (including phenoxy) is 2. The molecule has 4 aromatic rings. The zero-order valence-electron chi connectivity index (χ0n) is 17.0. The monoisotopic (exact) mass is 436 g/mol. The first kappa shape index (κ1) is 20.8. The van der Waals surface area contributed by atoms with Gasteiger partial charge >= 0.3 is 5.97 Å². The number of carbonyl (C=O) groups excluding carboxylic acids is 2. The van der Waals surface area contributed by atoms with Crippen LogP contribution in [-0.2, 0) is 27.5 Å². The molecule has 0 saturated carbocycles. The molecule has 31 heavy (non-hydrogen) atoms. The fraction of sp³-hybridized carbons (Fsp3) is 0.174. The van der Waals surface area contributed by atoms with Crippen molar-refractivity contribution in [3.63, 3.8) is 0 Å². The molecule has 4 rings (SSSR count). The molecule has 2 aromatic carbocycles. The van der Waals surface area contributed by atoms with Gasteiger partial charge in [0.15, 0.2) is 5.13 Å². The third-order valence-electron chi connectivity index (χ3n) is 4.58. The Kier molecular flexibility index (Phi) is 6.11. The fourth-order valence-corrected chi connectivity index (χ4v) is 4.10. The Hall–Kier alpha value is -3.49. The van der Waals surface area contributed by atoms with Gasteiger partial charge in [0.25, 0.3) is 0 Å². The number of benzene rings is 2. The molecule has 2 heterocycles. The zero-order chi connectivity index (χ0) is 21.8. The molecule has 0 unspecified atom stereocenters. The van der Waals surface area contributed by atoms with Crippen molar-refractivity contribution in [2.45, 2.75) is 20.1 Å². The number of aromatic nitrogens is 1. The lowest BCUT2D eigenvalue weighted by Gasteiger charge is -2.17. The smallest absolute Gasteiger partial charge is 0.375 e. The first-order valence-corrected chi connectivity index (χ1v) is 10.4. The summed E-state index contributed by atoms with van der Waals surface area (Å²) in [5.41, 5.74) is 2.51. The molecule has 0 saturated heterocycles. The number of furan rings is 1. The Morgan fingerprint density at radius 2 is 1.81 bits per heavy atom. The molecule has 0 fully saturated rings. The van der Waals surface area contributed by atoms with Gasteiger partial charge in [-0.15, -0.1) is 11.3 Å². The summed E-state index contributed by atoms with van der Waals surface area (Å²) in [4.78, 5) is 30.9. The predicted molar refractivity (Wildman–Crippen MR) is 117 cm³/mol. The van der Waals surface area contributed by atoms with E-state index < -0.39 is 5.97 Å². The SMILES string of the molecule is COCc1c(C(=O)OCc2csc(N(C(C)=O)c3ccccc3)n2)oc2ccccc12. The highest BCUT2D eigenvalue weighted by atomic mass is 32.1. The molecule has 0 aliphatic rings. The Balaban J connectivity index is 1.51. The summed E-state index contributed by atoms with van der Waals surface area (Å²) < 4.78 is 16.4. The number of fused-ring (bicyclic) bond motifs is 1. The van der Waals surface area contributed by atoms with E-state index in [1.807, 2.05) is 48.5 Å². The minimum atomic E-state index is -0.593. The van der Waals surface area contributed by atoms with Crippen LogP contribution in [0.15, 0.2) is 64.4 Å². The number of methoxy groups -OCH3 is 1. The molecule has 0 N–H and O–H groups in total. The van der Waals surface area contributed by atoms with Crippen LogP contribution in [0.25, 0.3) is 11.0 Å². The number of nitrogens with zero attached hydrogens (tertiary/aromatic N) is 2. The summed E-state index contributed by atoms with van der Waals surface area (Å²) >= 11 is 1.30. The van der Waals surface area contributed by atoms with Gasteiger partial charge in [0.2, 0.25) is 11.7 Å². The number of amides is 1. The number of hydrogen-bond acceptors (Lipinski definition) is 7. The molecular weight excluding hydrogens is 416 g/mol. The van der Waals surface area contributed by atoms with E-state index in [4.69, 9.17) is 13.9 Å². The van der Waals surface area contributed by atoms with Crippen LogP contribution in [-0.4, -0.2) is 24.0 Å². The van der Waals surface area contributed by atoms with E-state index >= 15 is 0 Å². The van der Waals surface area contributed by atoms with Crippen LogP contribution >= 0.6 is 11.3 Å². The highest BCUT2D eigenvalue weighted by Crippen LogP contribution is 2.30. The average Bonchev–Trinajstić information content (AvgIpc) is 3.38. The van der Waals surface area contributed by atoms with Crippen molar-refractivity contribution in [2.75, 3.05) is 12.0 Å². The van der Waals surface area contributed by atoms with Gasteiger partial charge in [-0.3, -0.25) is 9.69 Å². The molecular formula is C23H20N2O5S. The molecule has 0 aliphatic heterocycles. The first-order chi connectivity index (χ1) is 15.1. The summed E-state index contributed by atoms with van der Waals surface area (Å²) in [6.45, 7) is 1.67. The van der Waals surface area contributed by atoms with E-state index in [0.29, 0.717) is 22.0 Å². The molecule has 7 nitrogen and oxygen atoms in total. The molecule has 0 bridgehead atoms. The molecule has 8 heteroatoms. The predicted octanol–water partition coefficient (Wildman–Crippen LogP) is 5.08. The van der Waals surface area contributed by atoms with Crippen LogP contribution in [0.4, 0.5) is 10.8 Å². The van der Waals surface area contributed by atoms with Crippen LogP contribution in [0.1, 0.15) is 28.7 Å². The number of carbonyl (C=O) groups is 2. The van der Waals surface area contributed by atoms with Crippen molar-refractivity contribution >= 4 is 45.0 Å². The standard InChI is InChI=1S/C23H20N2O5S/c1-15(26)25(17-8-4-3-5-9-17)23-24-16(14-31-23)12-29-22(27)21-19(13-28-2)18-10-6-7-11-20(18)30-21/h3-11,14H,12-13H2,1-2H3. The van der Waals surface area contributed by atoms with Crippen LogP contribution in [0, 0.1) is 0 Å². The minimum Gasteiger partial charge on any atom is -0.453 e. The zero-order valence-corrected chi connectivity index (χ0v) is 17.8. The third kappa shape index (κ3) is 4.35. The molecule has 0 radical (unpaired) electrons. The maximum Gasteiger partial charge on any atom is 0.375 e. The summed E-state index contributed by atoms with van der Waals surface area (Å²) in [6.07, 6.45) is 0. The summed E-state index contributed by atoms with van der Waals surface area (Å²) in [7, 11) is 1.56. The fourth-order valence-electron chi connectivity index (χ4n) is 3.23. The molecule has 1 amide bonds. The second kappa shape index (κ2) is 9.11. The van der Waals surface area contributed by atoms with Crippen molar-refractivity contribution in [1.82, 2.24) is 4.98 Å². The van der Waals surface area contributed by atoms with Gasteiger partial charge in [-0.1, -0.05) is 36.4 Å². The van der Waals surface area contributed by atoms with E-state index in [9.17, 15) is 9.59 Å². The van der Waals surface area contributed by atoms with Crippen molar-refractivity contribution in [3.8, 4) is 0 Å². The normalized spacial score (nSPS) is 10.9. The van der Waals surface area contributed by atoms with Gasteiger partial charge in [0, 0.05) is 30.4 Å². The highest BCUT2D eigenvalue weighted by Gasteiger charge is 2.23. The van der Waals surface area contributed by atoms with Gasteiger partial charge in [0.1, 0.15) is 12.2 Å². The lowest BCUT2D eigenvalue weighted by Crippen LogP contribution is -2.22. The second-order valence-corrected chi connectivity index (χ2v) is 7.56. The van der Waals surface area contributed by atoms with Crippen molar-refractivity contribution < 1.29 is 23.5 Å². The van der Waals surface area contributed by atoms with E-state index in [1.54, 1.807) is 18.6 Å². The van der Waals surface area contributed by atoms with Crippen LogP contribution in [0.3, 0.4) is 0 Å². The van der Waals surface area contributed by atoms with Gasteiger partial charge in [-0.2, -0.15) is 0 Å². The minimum absolute atomic E-state index is 0.0423. The topological polar surface area (TPSA) is 81.9 Å². The summed E-state index contributed by atoms with van der Waals surface area (Å²) in [5.74, 6) is -0.631. The van der Waals surface area contributed by atoms with Crippen molar-refractivity contribution in [3.05, 3.63) is 77.0 Å². The number of anilines is 2. The molecule has 2 aromatic heterocycles. The van der Waals surface area contributed by atoms with Crippen molar-refractivity contribution in [1.29, 1.82) is 0 Å². The maximum absolute atomic E-state index is 12.7. The second-order valence-electron chi connectivity index (χ2n) is 6.73. The molecule has 0 atom stereocenters. The average molecular weight is 436 g/mol. The number of thiazole rings is 1. The summed E-state index contributed by atoms with van der Waals surface area (Å²) in [5, 5.41) is 3.08. The lowest BCUT2D eigenvalue weighted by atomic mass is 10.1. The van der Waals surface area contributed by atoms with Gasteiger partial charge in [-0.25, -0.2) is 9.78 Å². The van der Waals surface area contributed by atoms with Crippen LogP contribution in [0.5, 0.6) is 0 Å². The Morgan fingerprint density at radius 1 is 1.06 bits per heavy atom. The third-order valence-corrected chi connectivity index (χ3v) is 5.46. The highest BCUT2D eigenvalue weighted by molar-refractivity contribution is 7.14. The Labute approximate surface area is 182 Å². The first-order valence-electron chi connectivity index (χ1n) is 9.55. The van der Waals surface area contributed by atoms with E-state index in [2.05, 4.69) is 4.98 Å². The molecule has 0 aliphatic carbocycles. The number of rotatable bonds is 7. The van der Waals surface area contributed by atoms with Crippen molar-refractivity contribution in [2.24, 2.45) is 0 Å². The van der Waals surface area contributed by atoms with Gasteiger partial charge in [0.05, 0.1) is 18.0 Å². The van der Waals surface area contributed by atoms with E-state index in [0.717, 1.165) is 11.1 Å².